The Bertz CT molecular complexity index is 931. The smallest absolute Gasteiger partial charge is 0.306 e. The van der Waals surface area contributed by atoms with E-state index >= 15 is 0 Å². The van der Waals surface area contributed by atoms with Crippen LogP contribution in [0.1, 0.15) is 25.7 Å². The molecule has 2 aromatic rings. The minimum Gasteiger partial charge on any atom is -0.481 e. The molecule has 3 rings (SSSR count). The molecule has 1 aliphatic rings. The summed E-state index contributed by atoms with van der Waals surface area (Å²) in [6.07, 6.45) is 2.15. The molecule has 0 bridgehead atoms. The lowest BCUT2D eigenvalue weighted by molar-refractivity contribution is -0.143. The molecule has 0 heterocycles. The van der Waals surface area contributed by atoms with Crippen molar-refractivity contribution in [1.29, 1.82) is 0 Å². The van der Waals surface area contributed by atoms with Crippen molar-refractivity contribution in [3.05, 3.63) is 54.1 Å². The predicted octanol–water partition coefficient (Wildman–Crippen LogP) is 4.30. The molecule has 0 amide bonds. The summed E-state index contributed by atoms with van der Waals surface area (Å²) in [6.45, 7) is 0. The van der Waals surface area contributed by atoms with E-state index in [9.17, 15) is 22.0 Å². The number of carbonyl (C=O) groups is 1. The summed E-state index contributed by atoms with van der Waals surface area (Å²) in [4.78, 5) is 11.1. The average Bonchev–Trinajstić information content (AvgIpc) is 2.62. The van der Waals surface area contributed by atoms with Gasteiger partial charge in [-0.1, -0.05) is 12.1 Å². The topological polar surface area (TPSA) is 71.4 Å². The van der Waals surface area contributed by atoms with Crippen LogP contribution >= 0.6 is 0 Å². The molecule has 1 N–H and O–H groups in total. The lowest BCUT2D eigenvalue weighted by Crippen LogP contribution is -2.25. The van der Waals surface area contributed by atoms with Crippen molar-refractivity contribution in [3.8, 4) is 11.1 Å². The summed E-state index contributed by atoms with van der Waals surface area (Å²) in [7, 11) is -3.51. The second-order valence-corrected chi connectivity index (χ2v) is 9.02. The number of carboxylic acids is 1. The van der Waals surface area contributed by atoms with Gasteiger partial charge in [-0.15, -0.1) is 0 Å². The first-order valence-electron chi connectivity index (χ1n) is 8.77. The Hall–Kier alpha value is -2.28. The Balaban J connectivity index is 1.71. The molecule has 27 heavy (non-hydrogen) atoms. The third-order valence-corrected chi connectivity index (χ3v) is 7.01. The molecule has 0 aliphatic heterocycles. The minimum atomic E-state index is -3.51. The second-order valence-electron chi connectivity index (χ2n) is 6.99. The van der Waals surface area contributed by atoms with E-state index in [4.69, 9.17) is 5.11 Å². The lowest BCUT2D eigenvalue weighted by atomic mass is 9.83. The van der Waals surface area contributed by atoms with Crippen molar-refractivity contribution >= 4 is 15.8 Å². The van der Waals surface area contributed by atoms with E-state index in [1.165, 1.54) is 30.3 Å². The van der Waals surface area contributed by atoms with E-state index in [-0.39, 0.29) is 28.0 Å². The zero-order valence-electron chi connectivity index (χ0n) is 14.6. The Morgan fingerprint density at radius 2 is 1.63 bits per heavy atom. The summed E-state index contributed by atoms with van der Waals surface area (Å²) in [5, 5.41) is 9.02. The third-order valence-electron chi connectivity index (χ3n) is 5.11. The zero-order valence-corrected chi connectivity index (χ0v) is 15.4. The first kappa shape index (κ1) is 19.5. The van der Waals surface area contributed by atoms with Crippen LogP contribution in [0.5, 0.6) is 0 Å². The van der Waals surface area contributed by atoms with Crippen LogP contribution in [0.3, 0.4) is 0 Å². The second kappa shape index (κ2) is 7.76. The molecule has 1 fully saturated rings. The van der Waals surface area contributed by atoms with Crippen molar-refractivity contribution in [1.82, 2.24) is 0 Å². The van der Waals surface area contributed by atoms with Crippen LogP contribution in [0.2, 0.25) is 0 Å². The van der Waals surface area contributed by atoms with Gasteiger partial charge in [0.2, 0.25) is 0 Å². The third kappa shape index (κ3) is 4.53. The standard InChI is InChI=1S/C20H20F2O4S/c21-16-7-10-18(19(22)11-16)14-5-8-17(9-6-14)27(25,26)12-13-1-3-15(4-2-13)20(23)24/h5-11,13,15H,1-4,12H2,(H,23,24). The fraction of sp³-hybridized carbons (Fsp3) is 0.350. The van der Waals surface area contributed by atoms with Gasteiger partial charge in [0, 0.05) is 11.6 Å². The number of aliphatic carboxylic acids is 1. The van der Waals surface area contributed by atoms with Crippen LogP contribution in [0.15, 0.2) is 47.4 Å². The lowest BCUT2D eigenvalue weighted by Gasteiger charge is -2.25. The van der Waals surface area contributed by atoms with Crippen LogP contribution in [-0.2, 0) is 14.6 Å². The number of benzene rings is 2. The highest BCUT2D eigenvalue weighted by atomic mass is 32.2. The molecule has 0 aromatic heterocycles. The minimum absolute atomic E-state index is 0.0242. The number of carboxylic acid groups (broad SMARTS) is 1. The normalized spacial score (nSPS) is 20.4. The fourth-order valence-electron chi connectivity index (χ4n) is 3.55. The van der Waals surface area contributed by atoms with Gasteiger partial charge in [-0.2, -0.15) is 0 Å². The van der Waals surface area contributed by atoms with Crippen molar-refractivity contribution in [2.45, 2.75) is 30.6 Å². The highest BCUT2D eigenvalue weighted by Gasteiger charge is 2.29. The first-order valence-corrected chi connectivity index (χ1v) is 10.4. The molecule has 0 atom stereocenters. The van der Waals surface area contributed by atoms with Gasteiger partial charge in [-0.3, -0.25) is 4.79 Å². The Kier molecular flexibility index (Phi) is 5.60. The van der Waals surface area contributed by atoms with Gasteiger partial charge in [-0.05, 0) is 61.4 Å². The summed E-state index contributed by atoms with van der Waals surface area (Å²) >= 11 is 0. The summed E-state index contributed by atoms with van der Waals surface area (Å²) in [5.41, 5.74) is 0.667. The van der Waals surface area contributed by atoms with E-state index in [0.717, 1.165) is 12.1 Å². The zero-order chi connectivity index (χ0) is 19.6. The van der Waals surface area contributed by atoms with Gasteiger partial charge < -0.3 is 5.11 Å². The summed E-state index contributed by atoms with van der Waals surface area (Å²) in [6, 6.07) is 9.11. The first-order chi connectivity index (χ1) is 12.8. The van der Waals surface area contributed by atoms with E-state index in [1.807, 2.05) is 0 Å². The van der Waals surface area contributed by atoms with Crippen LogP contribution in [0.4, 0.5) is 8.78 Å². The molecule has 2 aromatic carbocycles. The van der Waals surface area contributed by atoms with Crippen LogP contribution in [0.25, 0.3) is 11.1 Å². The van der Waals surface area contributed by atoms with Crippen molar-refractivity contribution in [2.75, 3.05) is 5.75 Å². The largest absolute Gasteiger partial charge is 0.481 e. The molecule has 1 aliphatic carbocycles. The highest BCUT2D eigenvalue weighted by Crippen LogP contribution is 2.32. The van der Waals surface area contributed by atoms with Gasteiger partial charge in [-0.25, -0.2) is 17.2 Å². The maximum absolute atomic E-state index is 13.9. The number of hydrogen-bond donors (Lipinski definition) is 1. The molecular weight excluding hydrogens is 374 g/mol. The van der Waals surface area contributed by atoms with Gasteiger partial charge in [0.1, 0.15) is 11.6 Å². The van der Waals surface area contributed by atoms with Gasteiger partial charge in [0.25, 0.3) is 0 Å². The van der Waals surface area contributed by atoms with Crippen molar-refractivity contribution < 1.29 is 27.1 Å². The van der Waals surface area contributed by atoms with Crippen molar-refractivity contribution in [2.24, 2.45) is 11.8 Å². The SMILES string of the molecule is O=C(O)C1CCC(CS(=O)(=O)c2ccc(-c3ccc(F)cc3F)cc2)CC1. The van der Waals surface area contributed by atoms with Gasteiger partial charge in [0.05, 0.1) is 16.6 Å². The van der Waals surface area contributed by atoms with Gasteiger partial charge >= 0.3 is 5.97 Å². The predicted molar refractivity (Wildman–Crippen MR) is 96.9 cm³/mol. The maximum atomic E-state index is 13.9. The quantitative estimate of drug-likeness (QED) is 0.821. The number of hydrogen-bond acceptors (Lipinski definition) is 3. The molecule has 144 valence electrons. The van der Waals surface area contributed by atoms with E-state index in [1.54, 1.807) is 0 Å². The van der Waals surface area contributed by atoms with E-state index in [0.29, 0.717) is 31.2 Å². The van der Waals surface area contributed by atoms with E-state index < -0.39 is 27.4 Å². The number of sulfone groups is 1. The number of halogens is 2. The highest BCUT2D eigenvalue weighted by molar-refractivity contribution is 7.91. The Morgan fingerprint density at radius 1 is 1.00 bits per heavy atom. The summed E-state index contributed by atoms with van der Waals surface area (Å²) < 4.78 is 52.2. The molecule has 1 saturated carbocycles. The number of rotatable bonds is 5. The van der Waals surface area contributed by atoms with Gasteiger partial charge in [0.15, 0.2) is 9.84 Å². The fourth-order valence-corrected chi connectivity index (χ4v) is 5.25. The van der Waals surface area contributed by atoms with Crippen LogP contribution < -0.4 is 0 Å². The Labute approximate surface area is 156 Å². The monoisotopic (exact) mass is 394 g/mol. The molecule has 0 spiro atoms. The van der Waals surface area contributed by atoms with E-state index in [2.05, 4.69) is 0 Å². The molecule has 0 radical (unpaired) electrons. The average molecular weight is 394 g/mol. The molecule has 0 saturated heterocycles. The van der Waals surface area contributed by atoms with Crippen LogP contribution in [-0.4, -0.2) is 25.2 Å². The van der Waals surface area contributed by atoms with Crippen LogP contribution in [0, 0.1) is 23.5 Å². The molecular formula is C20H20F2O4S. The Morgan fingerprint density at radius 3 is 2.19 bits per heavy atom. The maximum Gasteiger partial charge on any atom is 0.306 e. The molecule has 0 unspecified atom stereocenters. The molecule has 4 nitrogen and oxygen atoms in total. The van der Waals surface area contributed by atoms with Crippen molar-refractivity contribution in [3.63, 3.8) is 0 Å². The molecule has 7 heteroatoms. The summed E-state index contributed by atoms with van der Waals surface area (Å²) in [5.74, 6) is -2.66.